The summed E-state index contributed by atoms with van der Waals surface area (Å²) in [5.41, 5.74) is 0.537. The van der Waals surface area contributed by atoms with Gasteiger partial charge in [0.05, 0.1) is 17.5 Å². The summed E-state index contributed by atoms with van der Waals surface area (Å²) in [6, 6.07) is 6.16. The lowest BCUT2D eigenvalue weighted by Gasteiger charge is -2.09. The van der Waals surface area contributed by atoms with Crippen LogP contribution in [0.3, 0.4) is 0 Å². The lowest BCUT2D eigenvalue weighted by molar-refractivity contribution is -0.0503. The molecule has 0 aromatic heterocycles. The molecule has 0 saturated heterocycles. The molecule has 0 spiro atoms. The average molecular weight is 218 g/mol. The molecule has 1 rings (SSSR count). The first-order valence-corrected chi connectivity index (χ1v) is 4.25. The van der Waals surface area contributed by atoms with Crippen LogP contribution in [0.25, 0.3) is 0 Å². The van der Waals surface area contributed by atoms with Crippen LogP contribution in [0.4, 0.5) is 8.78 Å². The van der Waals surface area contributed by atoms with Crippen molar-refractivity contribution in [3.63, 3.8) is 0 Å². The van der Waals surface area contributed by atoms with Gasteiger partial charge in [-0.1, -0.05) is 6.07 Å². The Morgan fingerprint density at radius 1 is 1.50 bits per heavy atom. The molecule has 1 aromatic carbocycles. The molecule has 0 fully saturated rings. The van der Waals surface area contributed by atoms with E-state index < -0.39 is 6.61 Å². The third-order valence-corrected chi connectivity index (χ3v) is 1.87. The summed E-state index contributed by atoms with van der Waals surface area (Å²) in [5, 5.41) is 8.66. The summed E-state index contributed by atoms with van der Waals surface area (Å²) >= 11 is 5.52. The molecule has 14 heavy (non-hydrogen) atoms. The Morgan fingerprint density at radius 3 is 2.71 bits per heavy atom. The molecule has 1 aromatic rings. The normalized spacial score (nSPS) is 9.93. The van der Waals surface area contributed by atoms with Crippen LogP contribution in [-0.4, -0.2) is 6.61 Å². The van der Waals surface area contributed by atoms with E-state index in [-0.39, 0.29) is 22.8 Å². The first kappa shape index (κ1) is 10.7. The van der Waals surface area contributed by atoms with Gasteiger partial charge in [0.15, 0.2) is 0 Å². The number of nitriles is 1. The minimum Gasteiger partial charge on any atom is -0.434 e. The summed E-state index contributed by atoms with van der Waals surface area (Å²) in [5.74, 6) is -0.0831. The second-order valence-corrected chi connectivity index (χ2v) is 2.67. The molecule has 0 aliphatic carbocycles. The lowest BCUT2D eigenvalue weighted by atomic mass is 10.1. The fraction of sp³-hybridized carbons (Fsp3) is 0.222. The number of alkyl halides is 3. The third kappa shape index (κ3) is 2.33. The largest absolute Gasteiger partial charge is 0.434 e. The predicted octanol–water partition coefficient (Wildman–Crippen LogP) is 2.90. The Hall–Kier alpha value is -1.34. The van der Waals surface area contributed by atoms with E-state index in [4.69, 9.17) is 16.9 Å². The van der Waals surface area contributed by atoms with Gasteiger partial charge in [0, 0.05) is 5.56 Å². The summed E-state index contributed by atoms with van der Waals surface area (Å²) in [6.45, 7) is -2.91. The Morgan fingerprint density at radius 2 is 2.21 bits per heavy atom. The smallest absolute Gasteiger partial charge is 0.387 e. The zero-order valence-corrected chi connectivity index (χ0v) is 7.76. The number of hydrogen-bond donors (Lipinski definition) is 0. The van der Waals surface area contributed by atoms with Crippen molar-refractivity contribution in [1.29, 1.82) is 5.26 Å². The minimum absolute atomic E-state index is 0.0359. The molecule has 0 aliphatic rings. The highest BCUT2D eigenvalue weighted by molar-refractivity contribution is 6.17. The van der Waals surface area contributed by atoms with E-state index in [9.17, 15) is 8.78 Å². The van der Waals surface area contributed by atoms with Crippen molar-refractivity contribution in [2.24, 2.45) is 0 Å². The van der Waals surface area contributed by atoms with Crippen LogP contribution in [0.1, 0.15) is 11.1 Å². The third-order valence-electron chi connectivity index (χ3n) is 1.60. The van der Waals surface area contributed by atoms with Gasteiger partial charge in [-0.15, -0.1) is 11.6 Å². The van der Waals surface area contributed by atoms with E-state index >= 15 is 0 Å². The van der Waals surface area contributed by atoms with Crippen molar-refractivity contribution in [3.8, 4) is 11.8 Å². The van der Waals surface area contributed by atoms with E-state index in [1.807, 2.05) is 6.07 Å². The van der Waals surface area contributed by atoms with Gasteiger partial charge in [-0.25, -0.2) is 0 Å². The molecule has 0 saturated carbocycles. The molecular formula is C9H6ClF2NO. The van der Waals surface area contributed by atoms with Crippen LogP contribution < -0.4 is 4.74 Å². The first-order chi connectivity index (χ1) is 6.69. The monoisotopic (exact) mass is 217 g/mol. The maximum Gasteiger partial charge on any atom is 0.387 e. The van der Waals surface area contributed by atoms with Gasteiger partial charge in [-0.2, -0.15) is 14.0 Å². The molecule has 0 radical (unpaired) electrons. The fourth-order valence-corrected chi connectivity index (χ4v) is 1.29. The van der Waals surface area contributed by atoms with Gasteiger partial charge >= 0.3 is 6.61 Å². The van der Waals surface area contributed by atoms with Gasteiger partial charge < -0.3 is 4.74 Å². The molecule has 0 unspecified atom stereocenters. The Labute approximate surface area is 84.7 Å². The van der Waals surface area contributed by atoms with Gasteiger partial charge in [0.25, 0.3) is 0 Å². The van der Waals surface area contributed by atoms with Crippen molar-refractivity contribution in [1.82, 2.24) is 0 Å². The standard InChI is InChI=1S/C9H6ClF2NO/c10-4-7-6(5-13)2-1-3-8(7)14-9(11)12/h1-3,9H,4H2. The summed E-state index contributed by atoms with van der Waals surface area (Å²) in [6.07, 6.45) is 0. The van der Waals surface area contributed by atoms with Crippen molar-refractivity contribution >= 4 is 11.6 Å². The van der Waals surface area contributed by atoms with Crippen LogP contribution in [0.5, 0.6) is 5.75 Å². The molecule has 74 valence electrons. The van der Waals surface area contributed by atoms with Crippen molar-refractivity contribution in [2.45, 2.75) is 12.5 Å². The highest BCUT2D eigenvalue weighted by atomic mass is 35.5. The molecule has 0 bridgehead atoms. The number of halogens is 3. The number of rotatable bonds is 3. The number of ether oxygens (including phenoxy) is 1. The topological polar surface area (TPSA) is 33.0 Å². The van der Waals surface area contributed by atoms with E-state index in [1.165, 1.54) is 18.2 Å². The summed E-state index contributed by atoms with van der Waals surface area (Å²) in [7, 11) is 0. The lowest BCUT2D eigenvalue weighted by Crippen LogP contribution is -2.04. The number of hydrogen-bond acceptors (Lipinski definition) is 2. The second-order valence-electron chi connectivity index (χ2n) is 2.41. The van der Waals surface area contributed by atoms with E-state index in [2.05, 4.69) is 4.74 Å². The Bertz CT molecular complexity index is 362. The van der Waals surface area contributed by atoms with Gasteiger partial charge in [-0.3, -0.25) is 0 Å². The van der Waals surface area contributed by atoms with Crippen LogP contribution >= 0.6 is 11.6 Å². The summed E-state index contributed by atoms with van der Waals surface area (Å²) < 4.78 is 28.1. The molecule has 0 atom stereocenters. The van der Waals surface area contributed by atoms with Gasteiger partial charge in [0.2, 0.25) is 0 Å². The maximum atomic E-state index is 11.9. The average Bonchev–Trinajstić information content (AvgIpc) is 2.16. The Balaban J connectivity index is 3.10. The highest BCUT2D eigenvalue weighted by Crippen LogP contribution is 2.25. The zero-order valence-electron chi connectivity index (χ0n) is 7.01. The van der Waals surface area contributed by atoms with Crippen molar-refractivity contribution in [2.75, 3.05) is 0 Å². The fourth-order valence-electron chi connectivity index (χ4n) is 1.01. The van der Waals surface area contributed by atoms with E-state index in [1.54, 1.807) is 0 Å². The van der Waals surface area contributed by atoms with Crippen molar-refractivity contribution in [3.05, 3.63) is 29.3 Å². The number of benzene rings is 1. The quantitative estimate of drug-likeness (QED) is 0.730. The summed E-state index contributed by atoms with van der Waals surface area (Å²) in [4.78, 5) is 0. The van der Waals surface area contributed by atoms with E-state index in [0.717, 1.165) is 0 Å². The number of nitrogens with zero attached hydrogens (tertiary/aromatic N) is 1. The minimum atomic E-state index is -2.91. The molecular weight excluding hydrogens is 212 g/mol. The zero-order chi connectivity index (χ0) is 10.6. The first-order valence-electron chi connectivity index (χ1n) is 3.71. The van der Waals surface area contributed by atoms with Crippen LogP contribution in [0.15, 0.2) is 18.2 Å². The van der Waals surface area contributed by atoms with Crippen LogP contribution in [0, 0.1) is 11.3 Å². The van der Waals surface area contributed by atoms with Gasteiger partial charge in [-0.05, 0) is 12.1 Å². The highest BCUT2D eigenvalue weighted by Gasteiger charge is 2.11. The molecule has 0 amide bonds. The molecule has 0 heterocycles. The maximum absolute atomic E-state index is 11.9. The van der Waals surface area contributed by atoms with Gasteiger partial charge in [0.1, 0.15) is 5.75 Å². The van der Waals surface area contributed by atoms with Crippen LogP contribution in [-0.2, 0) is 5.88 Å². The Kier molecular flexibility index (Phi) is 3.66. The second kappa shape index (κ2) is 4.77. The molecule has 0 N–H and O–H groups in total. The van der Waals surface area contributed by atoms with E-state index in [0.29, 0.717) is 0 Å². The molecule has 2 nitrogen and oxygen atoms in total. The molecule has 0 aliphatic heterocycles. The predicted molar refractivity (Wildman–Crippen MR) is 47.3 cm³/mol. The SMILES string of the molecule is N#Cc1cccc(OC(F)F)c1CCl. The van der Waals surface area contributed by atoms with Crippen molar-refractivity contribution < 1.29 is 13.5 Å². The van der Waals surface area contributed by atoms with Crippen LogP contribution in [0.2, 0.25) is 0 Å². The molecule has 5 heteroatoms.